The minimum absolute atomic E-state index is 0.207. The van der Waals surface area contributed by atoms with Gasteiger partial charge in [0.25, 0.3) is 0 Å². The summed E-state index contributed by atoms with van der Waals surface area (Å²) in [6, 6.07) is 0.313. The van der Waals surface area contributed by atoms with Crippen molar-refractivity contribution in [3.05, 3.63) is 0 Å². The zero-order chi connectivity index (χ0) is 11.3. The van der Waals surface area contributed by atoms with Crippen LogP contribution in [-0.4, -0.2) is 19.3 Å². The largest absolute Gasteiger partial charge is 0.380 e. The Labute approximate surface area is 93.7 Å². The molecule has 2 unspecified atom stereocenters. The van der Waals surface area contributed by atoms with Crippen LogP contribution in [0.3, 0.4) is 0 Å². The maximum Gasteiger partial charge on any atom is 0.0712 e. The van der Waals surface area contributed by atoms with E-state index in [1.807, 2.05) is 0 Å². The molecule has 1 aliphatic carbocycles. The molecule has 0 saturated heterocycles. The van der Waals surface area contributed by atoms with Crippen molar-refractivity contribution < 1.29 is 4.74 Å². The van der Waals surface area contributed by atoms with Gasteiger partial charge in [0.15, 0.2) is 0 Å². The van der Waals surface area contributed by atoms with E-state index in [0.29, 0.717) is 12.0 Å². The predicted octanol–water partition coefficient (Wildman–Crippen LogP) is 2.07. The molecule has 0 aromatic carbocycles. The highest BCUT2D eigenvalue weighted by Gasteiger charge is 2.29. The molecular weight excluding hydrogens is 188 g/mol. The number of rotatable bonds is 5. The maximum absolute atomic E-state index is 5.62. The van der Waals surface area contributed by atoms with Crippen LogP contribution in [0.15, 0.2) is 0 Å². The standard InChI is InChI=1S/C12H26N2O/c1-4-10-5-7-11(8-6-10)12(14-13)9(2)15-3/h9-12,14H,4-8,13H2,1-3H3. The first kappa shape index (κ1) is 12.9. The second-order valence-electron chi connectivity index (χ2n) is 4.82. The number of ether oxygens (including phenoxy) is 1. The Kier molecular flexibility index (Phi) is 5.58. The highest BCUT2D eigenvalue weighted by atomic mass is 16.5. The molecular formula is C12H26N2O. The summed E-state index contributed by atoms with van der Waals surface area (Å²) in [5.41, 5.74) is 2.93. The van der Waals surface area contributed by atoms with Crippen LogP contribution in [0.2, 0.25) is 0 Å². The van der Waals surface area contributed by atoms with Gasteiger partial charge in [0.2, 0.25) is 0 Å². The first-order valence-corrected chi connectivity index (χ1v) is 6.21. The van der Waals surface area contributed by atoms with Crippen molar-refractivity contribution in [3.8, 4) is 0 Å². The zero-order valence-corrected chi connectivity index (χ0v) is 10.3. The van der Waals surface area contributed by atoms with Crippen LogP contribution in [0.4, 0.5) is 0 Å². The summed E-state index contributed by atoms with van der Waals surface area (Å²) >= 11 is 0. The minimum atomic E-state index is 0.207. The molecule has 90 valence electrons. The van der Waals surface area contributed by atoms with Gasteiger partial charge in [-0.1, -0.05) is 26.2 Å². The molecule has 2 atom stereocenters. The lowest BCUT2D eigenvalue weighted by Crippen LogP contribution is -2.49. The molecule has 0 bridgehead atoms. The van der Waals surface area contributed by atoms with E-state index >= 15 is 0 Å². The van der Waals surface area contributed by atoms with Crippen molar-refractivity contribution in [3.63, 3.8) is 0 Å². The van der Waals surface area contributed by atoms with Gasteiger partial charge in [0.1, 0.15) is 0 Å². The van der Waals surface area contributed by atoms with Gasteiger partial charge >= 0.3 is 0 Å². The predicted molar refractivity (Wildman–Crippen MR) is 63.3 cm³/mol. The maximum atomic E-state index is 5.62. The quantitative estimate of drug-likeness (QED) is 0.544. The Morgan fingerprint density at radius 1 is 1.33 bits per heavy atom. The van der Waals surface area contributed by atoms with Crippen molar-refractivity contribution in [2.24, 2.45) is 17.7 Å². The van der Waals surface area contributed by atoms with E-state index < -0.39 is 0 Å². The van der Waals surface area contributed by atoms with E-state index in [0.717, 1.165) is 5.92 Å². The van der Waals surface area contributed by atoms with Gasteiger partial charge in [-0.25, -0.2) is 0 Å². The van der Waals surface area contributed by atoms with Crippen molar-refractivity contribution in [2.45, 2.75) is 58.1 Å². The average molecular weight is 214 g/mol. The number of hydrogen-bond acceptors (Lipinski definition) is 3. The summed E-state index contributed by atoms with van der Waals surface area (Å²) in [4.78, 5) is 0. The third-order valence-electron chi connectivity index (χ3n) is 4.05. The van der Waals surface area contributed by atoms with Crippen LogP contribution in [0.1, 0.15) is 46.0 Å². The van der Waals surface area contributed by atoms with Gasteiger partial charge < -0.3 is 4.74 Å². The fourth-order valence-corrected chi connectivity index (χ4v) is 2.76. The lowest BCUT2D eigenvalue weighted by atomic mass is 9.76. The van der Waals surface area contributed by atoms with E-state index in [2.05, 4.69) is 19.3 Å². The third-order valence-corrected chi connectivity index (χ3v) is 4.05. The molecule has 0 aliphatic heterocycles. The molecule has 0 aromatic heterocycles. The second-order valence-corrected chi connectivity index (χ2v) is 4.82. The summed E-state index contributed by atoms with van der Waals surface area (Å²) in [7, 11) is 1.76. The van der Waals surface area contributed by atoms with Gasteiger partial charge in [-0.05, 0) is 31.6 Å². The van der Waals surface area contributed by atoms with Crippen LogP contribution in [-0.2, 0) is 4.74 Å². The third kappa shape index (κ3) is 3.44. The van der Waals surface area contributed by atoms with Crippen molar-refractivity contribution in [2.75, 3.05) is 7.11 Å². The first-order chi connectivity index (χ1) is 7.22. The monoisotopic (exact) mass is 214 g/mol. The van der Waals surface area contributed by atoms with Crippen molar-refractivity contribution >= 4 is 0 Å². The Bertz CT molecular complexity index is 167. The lowest BCUT2D eigenvalue weighted by molar-refractivity contribution is 0.0479. The molecule has 3 heteroatoms. The number of hydrogen-bond donors (Lipinski definition) is 2. The highest BCUT2D eigenvalue weighted by Crippen LogP contribution is 2.33. The van der Waals surface area contributed by atoms with Gasteiger partial charge in [-0.2, -0.15) is 0 Å². The summed E-state index contributed by atoms with van der Waals surface area (Å²) < 4.78 is 5.37. The van der Waals surface area contributed by atoms with Crippen LogP contribution in [0.5, 0.6) is 0 Å². The lowest BCUT2D eigenvalue weighted by Gasteiger charge is -2.35. The number of nitrogens with one attached hydrogen (secondary N) is 1. The molecule has 0 amide bonds. The van der Waals surface area contributed by atoms with Crippen LogP contribution >= 0.6 is 0 Å². The number of nitrogens with two attached hydrogens (primary N) is 1. The Morgan fingerprint density at radius 2 is 1.93 bits per heavy atom. The van der Waals surface area contributed by atoms with Crippen molar-refractivity contribution in [1.82, 2.24) is 5.43 Å². The molecule has 0 spiro atoms. The molecule has 1 saturated carbocycles. The molecule has 0 radical (unpaired) electrons. The SMILES string of the molecule is CCC1CCC(C(NN)C(C)OC)CC1. The van der Waals surface area contributed by atoms with E-state index in [1.165, 1.54) is 32.1 Å². The molecule has 3 nitrogen and oxygen atoms in total. The van der Waals surface area contributed by atoms with Gasteiger partial charge in [0, 0.05) is 13.2 Å². The van der Waals surface area contributed by atoms with Crippen LogP contribution in [0.25, 0.3) is 0 Å². The van der Waals surface area contributed by atoms with Gasteiger partial charge in [0.05, 0.1) is 6.10 Å². The average Bonchev–Trinajstić information content (AvgIpc) is 2.30. The fourth-order valence-electron chi connectivity index (χ4n) is 2.76. The van der Waals surface area contributed by atoms with Crippen molar-refractivity contribution in [1.29, 1.82) is 0 Å². The zero-order valence-electron chi connectivity index (χ0n) is 10.3. The molecule has 0 heterocycles. The van der Waals surface area contributed by atoms with Gasteiger partial charge in [-0.15, -0.1) is 0 Å². The number of methoxy groups -OCH3 is 1. The Morgan fingerprint density at radius 3 is 2.33 bits per heavy atom. The second kappa shape index (κ2) is 6.46. The van der Waals surface area contributed by atoms with E-state index in [-0.39, 0.29) is 6.10 Å². The number of hydrazine groups is 1. The molecule has 1 rings (SSSR count). The van der Waals surface area contributed by atoms with Crippen LogP contribution in [0, 0.1) is 11.8 Å². The van der Waals surface area contributed by atoms with Crippen LogP contribution < -0.4 is 11.3 Å². The summed E-state index contributed by atoms with van der Waals surface area (Å²) in [5, 5.41) is 0. The summed E-state index contributed by atoms with van der Waals surface area (Å²) in [6.45, 7) is 4.39. The normalized spacial score (nSPS) is 31.2. The Hall–Kier alpha value is -0.120. The first-order valence-electron chi connectivity index (χ1n) is 6.21. The van der Waals surface area contributed by atoms with E-state index in [4.69, 9.17) is 10.6 Å². The molecule has 1 fully saturated rings. The topological polar surface area (TPSA) is 47.3 Å². The highest BCUT2D eigenvalue weighted by molar-refractivity contribution is 4.84. The Balaban J connectivity index is 2.42. The fraction of sp³-hybridized carbons (Fsp3) is 1.00. The summed E-state index contributed by atoms with van der Waals surface area (Å²) in [6.07, 6.45) is 6.83. The van der Waals surface area contributed by atoms with E-state index in [1.54, 1.807) is 7.11 Å². The van der Waals surface area contributed by atoms with Gasteiger partial charge in [-0.3, -0.25) is 11.3 Å². The van der Waals surface area contributed by atoms with E-state index in [9.17, 15) is 0 Å². The molecule has 1 aliphatic rings. The smallest absolute Gasteiger partial charge is 0.0712 e. The molecule has 15 heavy (non-hydrogen) atoms. The summed E-state index contributed by atoms with van der Waals surface area (Å²) in [5.74, 6) is 7.25. The molecule has 3 N–H and O–H groups in total. The minimum Gasteiger partial charge on any atom is -0.380 e. The molecule has 0 aromatic rings.